The van der Waals surface area contributed by atoms with Crippen LogP contribution in [0.25, 0.3) is 0 Å². The van der Waals surface area contributed by atoms with Gasteiger partial charge in [0.1, 0.15) is 5.75 Å². The zero-order chi connectivity index (χ0) is 19.2. The van der Waals surface area contributed by atoms with E-state index in [1.807, 2.05) is 0 Å². The molecule has 0 atom stereocenters. The van der Waals surface area contributed by atoms with Gasteiger partial charge in [-0.2, -0.15) is 4.98 Å². The summed E-state index contributed by atoms with van der Waals surface area (Å²) in [7, 11) is 1.55. The van der Waals surface area contributed by atoms with Gasteiger partial charge in [0.2, 0.25) is 11.7 Å². The van der Waals surface area contributed by atoms with Gasteiger partial charge in [-0.25, -0.2) is 0 Å². The molecule has 0 bridgehead atoms. The summed E-state index contributed by atoms with van der Waals surface area (Å²) in [5.74, 6) is 0.630. The Labute approximate surface area is 155 Å². The molecule has 1 heterocycles. The van der Waals surface area contributed by atoms with E-state index in [4.69, 9.17) is 9.26 Å². The summed E-state index contributed by atoms with van der Waals surface area (Å²) in [6.07, 6.45) is 0. The largest absolute Gasteiger partial charge is 0.485 e. The lowest BCUT2D eigenvalue weighted by Crippen LogP contribution is -2.18. The number of carbonyl (C=O) groups is 2. The van der Waals surface area contributed by atoms with Gasteiger partial charge in [0, 0.05) is 25.2 Å². The van der Waals surface area contributed by atoms with E-state index in [-0.39, 0.29) is 18.4 Å². The molecule has 2 N–H and O–H groups in total. The number of benzene rings is 2. The average Bonchev–Trinajstić information content (AvgIpc) is 3.11. The van der Waals surface area contributed by atoms with Crippen LogP contribution in [0.4, 0.5) is 5.69 Å². The summed E-state index contributed by atoms with van der Waals surface area (Å²) < 4.78 is 10.6. The van der Waals surface area contributed by atoms with Crippen LogP contribution in [0, 0.1) is 6.92 Å². The number of hydrogen-bond donors (Lipinski definition) is 2. The predicted octanol–water partition coefficient (Wildman–Crippen LogP) is 2.57. The lowest BCUT2D eigenvalue weighted by Gasteiger charge is -2.11. The highest BCUT2D eigenvalue weighted by Gasteiger charge is 2.14. The standard InChI is InChI=1S/C19H18N4O4/c1-12-21-17(23-27-12)11-26-16-9-4-3-8-15(16)19(25)22-14-7-5-6-13(10-14)18(24)20-2/h3-10H,11H2,1-2H3,(H,20,24)(H,22,25). The first-order valence-electron chi connectivity index (χ1n) is 8.21. The fourth-order valence-corrected chi connectivity index (χ4v) is 2.40. The van der Waals surface area contributed by atoms with Crippen molar-refractivity contribution in [1.82, 2.24) is 15.5 Å². The first kappa shape index (κ1) is 18.1. The Morgan fingerprint density at radius 2 is 1.93 bits per heavy atom. The van der Waals surface area contributed by atoms with Gasteiger partial charge in [0.15, 0.2) is 6.61 Å². The van der Waals surface area contributed by atoms with E-state index in [1.165, 1.54) is 0 Å². The molecule has 0 radical (unpaired) electrons. The Hall–Kier alpha value is -3.68. The molecule has 0 aliphatic carbocycles. The Morgan fingerprint density at radius 1 is 1.11 bits per heavy atom. The Kier molecular flexibility index (Phi) is 5.46. The topological polar surface area (TPSA) is 106 Å². The van der Waals surface area contributed by atoms with E-state index in [2.05, 4.69) is 20.8 Å². The molecule has 2 aromatic carbocycles. The molecule has 0 saturated heterocycles. The molecule has 0 aliphatic rings. The minimum Gasteiger partial charge on any atom is -0.485 e. The molecule has 0 aliphatic heterocycles. The highest BCUT2D eigenvalue weighted by molar-refractivity contribution is 6.06. The van der Waals surface area contributed by atoms with Crippen molar-refractivity contribution in [3.05, 3.63) is 71.4 Å². The van der Waals surface area contributed by atoms with E-state index in [1.54, 1.807) is 62.5 Å². The summed E-state index contributed by atoms with van der Waals surface area (Å²) in [6.45, 7) is 1.76. The molecule has 0 fully saturated rings. The fraction of sp³-hybridized carbons (Fsp3) is 0.158. The zero-order valence-electron chi connectivity index (χ0n) is 14.9. The van der Waals surface area contributed by atoms with Gasteiger partial charge in [-0.05, 0) is 30.3 Å². The van der Waals surface area contributed by atoms with Crippen molar-refractivity contribution in [3.8, 4) is 5.75 Å². The molecule has 8 nitrogen and oxygen atoms in total. The molecule has 0 saturated carbocycles. The van der Waals surface area contributed by atoms with Gasteiger partial charge in [-0.1, -0.05) is 23.4 Å². The third-order valence-electron chi connectivity index (χ3n) is 3.67. The number of nitrogens with one attached hydrogen (secondary N) is 2. The first-order chi connectivity index (χ1) is 13.1. The van der Waals surface area contributed by atoms with Gasteiger partial charge in [0.05, 0.1) is 5.56 Å². The summed E-state index contributed by atoms with van der Waals surface area (Å²) >= 11 is 0. The molecule has 0 unspecified atom stereocenters. The number of anilines is 1. The first-order valence-corrected chi connectivity index (χ1v) is 8.21. The number of nitrogens with zero attached hydrogens (tertiary/aromatic N) is 2. The minimum absolute atomic E-state index is 0.0772. The van der Waals surface area contributed by atoms with Crippen molar-refractivity contribution in [3.63, 3.8) is 0 Å². The molecule has 3 rings (SSSR count). The zero-order valence-corrected chi connectivity index (χ0v) is 14.9. The van der Waals surface area contributed by atoms with E-state index in [0.29, 0.717) is 34.3 Å². The van der Waals surface area contributed by atoms with Crippen molar-refractivity contribution in [2.24, 2.45) is 0 Å². The van der Waals surface area contributed by atoms with E-state index in [9.17, 15) is 9.59 Å². The van der Waals surface area contributed by atoms with Gasteiger partial charge in [0.25, 0.3) is 11.8 Å². The van der Waals surface area contributed by atoms with Gasteiger partial charge in [-0.3, -0.25) is 9.59 Å². The van der Waals surface area contributed by atoms with Crippen molar-refractivity contribution in [2.75, 3.05) is 12.4 Å². The second kappa shape index (κ2) is 8.13. The highest BCUT2D eigenvalue weighted by atomic mass is 16.5. The van der Waals surface area contributed by atoms with E-state index < -0.39 is 0 Å². The number of aryl methyl sites for hydroxylation is 1. The third kappa shape index (κ3) is 4.49. The minimum atomic E-state index is -0.357. The van der Waals surface area contributed by atoms with E-state index >= 15 is 0 Å². The summed E-state index contributed by atoms with van der Waals surface area (Å²) in [5.41, 5.74) is 1.31. The smallest absolute Gasteiger partial charge is 0.259 e. The molecule has 8 heteroatoms. The van der Waals surface area contributed by atoms with Crippen LogP contribution < -0.4 is 15.4 Å². The number of ether oxygens (including phenoxy) is 1. The summed E-state index contributed by atoms with van der Waals surface area (Å²) in [4.78, 5) is 28.5. The van der Waals surface area contributed by atoms with Crippen molar-refractivity contribution >= 4 is 17.5 Å². The number of para-hydroxylation sites is 1. The van der Waals surface area contributed by atoms with Crippen LogP contribution in [0.5, 0.6) is 5.75 Å². The second-order valence-corrected chi connectivity index (χ2v) is 5.63. The maximum absolute atomic E-state index is 12.7. The maximum Gasteiger partial charge on any atom is 0.259 e. The monoisotopic (exact) mass is 366 g/mol. The number of hydrogen-bond acceptors (Lipinski definition) is 6. The number of rotatable bonds is 6. The lowest BCUT2D eigenvalue weighted by molar-refractivity contribution is 0.0961. The van der Waals surface area contributed by atoms with Crippen molar-refractivity contribution in [2.45, 2.75) is 13.5 Å². The van der Waals surface area contributed by atoms with Crippen LogP contribution in [-0.4, -0.2) is 29.0 Å². The van der Waals surface area contributed by atoms with Crippen LogP contribution in [0.1, 0.15) is 32.4 Å². The second-order valence-electron chi connectivity index (χ2n) is 5.63. The van der Waals surface area contributed by atoms with Crippen LogP contribution in [0.3, 0.4) is 0 Å². The number of carbonyl (C=O) groups excluding carboxylic acids is 2. The summed E-state index contributed by atoms with van der Waals surface area (Å²) in [5, 5.41) is 9.07. The number of amides is 2. The molecule has 0 spiro atoms. The highest BCUT2D eigenvalue weighted by Crippen LogP contribution is 2.21. The predicted molar refractivity (Wildman–Crippen MR) is 97.6 cm³/mol. The third-order valence-corrected chi connectivity index (χ3v) is 3.67. The maximum atomic E-state index is 12.7. The quantitative estimate of drug-likeness (QED) is 0.694. The molecule has 3 aromatic rings. The summed E-state index contributed by atoms with van der Waals surface area (Å²) in [6, 6.07) is 13.5. The normalized spacial score (nSPS) is 10.3. The fourth-order valence-electron chi connectivity index (χ4n) is 2.40. The van der Waals surface area contributed by atoms with Crippen molar-refractivity contribution in [1.29, 1.82) is 0 Å². The lowest BCUT2D eigenvalue weighted by atomic mass is 10.1. The number of aromatic nitrogens is 2. The van der Waals surface area contributed by atoms with E-state index in [0.717, 1.165) is 0 Å². The Balaban J connectivity index is 1.74. The van der Waals surface area contributed by atoms with Gasteiger partial charge < -0.3 is 19.9 Å². The molecule has 1 aromatic heterocycles. The van der Waals surface area contributed by atoms with Crippen LogP contribution in [0.2, 0.25) is 0 Å². The van der Waals surface area contributed by atoms with Crippen LogP contribution in [-0.2, 0) is 6.61 Å². The molecular weight excluding hydrogens is 348 g/mol. The Bertz CT molecular complexity index is 968. The molecule has 27 heavy (non-hydrogen) atoms. The van der Waals surface area contributed by atoms with Crippen LogP contribution in [0.15, 0.2) is 53.1 Å². The molecule has 2 amide bonds. The SMILES string of the molecule is CNC(=O)c1cccc(NC(=O)c2ccccc2OCc2noc(C)n2)c1. The molecule has 138 valence electrons. The van der Waals surface area contributed by atoms with Gasteiger partial charge in [-0.15, -0.1) is 0 Å². The van der Waals surface area contributed by atoms with Gasteiger partial charge >= 0.3 is 0 Å². The van der Waals surface area contributed by atoms with Crippen LogP contribution >= 0.6 is 0 Å². The Morgan fingerprint density at radius 3 is 2.67 bits per heavy atom. The average molecular weight is 366 g/mol. The van der Waals surface area contributed by atoms with Crippen molar-refractivity contribution < 1.29 is 18.8 Å². The molecular formula is C19H18N4O4.